The van der Waals surface area contributed by atoms with Gasteiger partial charge in [-0.15, -0.1) is 0 Å². The zero-order valence-electron chi connectivity index (χ0n) is 23.1. The Morgan fingerprint density at radius 2 is 1.55 bits per heavy atom. The van der Waals surface area contributed by atoms with Gasteiger partial charge < -0.3 is 10.2 Å². The number of nitrogens with zero attached hydrogens (tertiary/aromatic N) is 2. The molecule has 214 valence electrons. The molecule has 1 fully saturated rings. The minimum absolute atomic E-state index is 0.0199. The number of nitrogens with one attached hydrogen (secondary N) is 1. The Kier molecular flexibility index (Phi) is 8.18. The molecule has 1 heterocycles. The molecule has 0 spiro atoms. The topological polar surface area (TPSA) is 69.7 Å². The largest absolute Gasteiger partial charge is 0.352 e. The van der Waals surface area contributed by atoms with Gasteiger partial charge in [0.15, 0.2) is 0 Å². The summed E-state index contributed by atoms with van der Waals surface area (Å²) in [6.07, 6.45) is 4.26. The molecule has 0 bridgehead atoms. The summed E-state index contributed by atoms with van der Waals surface area (Å²) in [5.41, 5.74) is 2.73. The van der Waals surface area contributed by atoms with Gasteiger partial charge in [-0.05, 0) is 48.1 Å². The maximum absolute atomic E-state index is 14.4. The highest BCUT2D eigenvalue weighted by Crippen LogP contribution is 2.37. The highest BCUT2D eigenvalue weighted by Gasteiger charge is 2.37. The van der Waals surface area contributed by atoms with E-state index < -0.39 is 6.04 Å². The lowest BCUT2D eigenvalue weighted by atomic mass is 10.0. The van der Waals surface area contributed by atoms with E-state index in [9.17, 15) is 14.4 Å². The Labute approximate surface area is 255 Å². The van der Waals surface area contributed by atoms with Crippen LogP contribution < -0.4 is 10.2 Å². The van der Waals surface area contributed by atoms with Gasteiger partial charge in [0.1, 0.15) is 12.6 Å². The molecule has 0 radical (unpaired) electrons. The molecule has 1 aliphatic carbocycles. The van der Waals surface area contributed by atoms with Crippen LogP contribution in [0.25, 0.3) is 10.8 Å². The Morgan fingerprint density at radius 1 is 0.881 bits per heavy atom. The van der Waals surface area contributed by atoms with Crippen LogP contribution in [0.4, 0.5) is 5.69 Å². The third kappa shape index (κ3) is 5.61. The molecule has 1 aliphatic heterocycles. The van der Waals surface area contributed by atoms with Gasteiger partial charge in [0.05, 0.1) is 5.69 Å². The fourth-order valence-electron chi connectivity index (χ4n) is 6.14. The van der Waals surface area contributed by atoms with Crippen LogP contribution in [0.5, 0.6) is 0 Å². The van der Waals surface area contributed by atoms with E-state index in [1.807, 2.05) is 60.7 Å². The van der Waals surface area contributed by atoms with Crippen molar-refractivity contribution in [2.24, 2.45) is 0 Å². The number of benzene rings is 4. The third-order valence-electron chi connectivity index (χ3n) is 8.31. The molecule has 0 unspecified atom stereocenters. The lowest BCUT2D eigenvalue weighted by Gasteiger charge is -2.34. The number of anilines is 1. The molecule has 3 amide bonds. The van der Waals surface area contributed by atoms with Crippen molar-refractivity contribution >= 4 is 57.4 Å². The Balaban J connectivity index is 1.38. The molecule has 42 heavy (non-hydrogen) atoms. The van der Waals surface area contributed by atoms with Crippen LogP contribution in [0.3, 0.4) is 0 Å². The molecule has 6 nitrogen and oxygen atoms in total. The molecule has 8 heteroatoms. The first-order chi connectivity index (χ1) is 20.4. The molecular formula is C34H31Cl2N3O3. The fraction of sp³-hybridized carbons (Fsp3) is 0.265. The van der Waals surface area contributed by atoms with Crippen molar-refractivity contribution in [1.82, 2.24) is 10.2 Å². The van der Waals surface area contributed by atoms with Gasteiger partial charge in [-0.25, -0.2) is 0 Å². The molecule has 6 rings (SSSR count). The summed E-state index contributed by atoms with van der Waals surface area (Å²) in [5.74, 6) is -0.826. The van der Waals surface area contributed by atoms with Gasteiger partial charge in [-0.3, -0.25) is 19.3 Å². The molecule has 2 aliphatic rings. The second-order valence-corrected chi connectivity index (χ2v) is 11.8. The van der Waals surface area contributed by atoms with E-state index in [-0.39, 0.29) is 36.9 Å². The number of hydrogen-bond donors (Lipinski definition) is 1. The van der Waals surface area contributed by atoms with Crippen molar-refractivity contribution in [2.75, 3.05) is 11.4 Å². The van der Waals surface area contributed by atoms with Crippen molar-refractivity contribution in [2.45, 2.75) is 50.7 Å². The van der Waals surface area contributed by atoms with E-state index in [1.54, 1.807) is 29.2 Å². The maximum Gasteiger partial charge on any atom is 0.259 e. The summed E-state index contributed by atoms with van der Waals surface area (Å²) in [6, 6.07) is 25.3. The first kappa shape index (κ1) is 28.3. The van der Waals surface area contributed by atoms with Crippen molar-refractivity contribution in [1.29, 1.82) is 0 Å². The number of carbonyl (C=O) groups excluding carboxylic acids is 3. The number of carbonyl (C=O) groups is 3. The normalized spacial score (nSPS) is 15.3. The molecule has 0 aromatic heterocycles. The van der Waals surface area contributed by atoms with Gasteiger partial charge in [0.2, 0.25) is 11.8 Å². The quantitative estimate of drug-likeness (QED) is 0.230. The van der Waals surface area contributed by atoms with Crippen LogP contribution in [0.15, 0.2) is 84.9 Å². The molecular weight excluding hydrogens is 569 g/mol. The first-order valence-electron chi connectivity index (χ1n) is 14.3. The summed E-state index contributed by atoms with van der Waals surface area (Å²) < 4.78 is 0. The van der Waals surface area contributed by atoms with Crippen molar-refractivity contribution in [3.63, 3.8) is 0 Å². The zero-order chi connectivity index (χ0) is 29.2. The second-order valence-electron chi connectivity index (χ2n) is 11.0. The smallest absolute Gasteiger partial charge is 0.259 e. The van der Waals surface area contributed by atoms with Gasteiger partial charge in [-0.2, -0.15) is 0 Å². The Morgan fingerprint density at radius 3 is 2.26 bits per heavy atom. The fourth-order valence-corrected chi connectivity index (χ4v) is 6.65. The average molecular weight is 601 g/mol. The van der Waals surface area contributed by atoms with Crippen molar-refractivity contribution in [3.05, 3.63) is 112 Å². The monoisotopic (exact) mass is 599 g/mol. The summed E-state index contributed by atoms with van der Waals surface area (Å²) >= 11 is 13.2. The van der Waals surface area contributed by atoms with E-state index in [1.165, 1.54) is 4.90 Å². The standard InChI is InChI=1S/C34H31Cl2N3O3/c35-27-16-8-17-28(36)26(27)20-38(30(19-22-9-2-1-3-10-22)33(41)37-24-13-4-5-14-24)31(40)21-39-29-18-7-12-23-11-6-15-25(32(23)29)34(39)42/h1-3,6-12,15-18,24,30H,4-5,13-14,19-21H2,(H,37,41)/t30-/m1/s1. The number of halogens is 2. The van der Waals surface area contributed by atoms with Crippen LogP contribution in [0, 0.1) is 0 Å². The van der Waals surface area contributed by atoms with Crippen LogP contribution >= 0.6 is 23.2 Å². The predicted octanol–water partition coefficient (Wildman–Crippen LogP) is 6.81. The molecule has 1 saturated carbocycles. The van der Waals surface area contributed by atoms with Crippen LogP contribution in [0.2, 0.25) is 10.0 Å². The number of hydrogen-bond acceptors (Lipinski definition) is 3. The maximum atomic E-state index is 14.4. The van der Waals surface area contributed by atoms with Crippen LogP contribution in [-0.4, -0.2) is 41.2 Å². The Hall–Kier alpha value is -3.87. The van der Waals surface area contributed by atoms with E-state index in [2.05, 4.69) is 5.32 Å². The average Bonchev–Trinajstić information content (AvgIpc) is 3.60. The lowest BCUT2D eigenvalue weighted by molar-refractivity contribution is -0.140. The molecule has 1 N–H and O–H groups in total. The number of amides is 3. The predicted molar refractivity (Wildman–Crippen MR) is 167 cm³/mol. The molecule has 0 saturated heterocycles. The van der Waals surface area contributed by atoms with Gasteiger partial charge in [0, 0.05) is 45.6 Å². The summed E-state index contributed by atoms with van der Waals surface area (Å²) in [6.45, 7) is -0.206. The Bertz CT molecular complexity index is 1630. The SMILES string of the molecule is O=C(NC1CCCC1)[C@@H](Cc1ccccc1)N(Cc1c(Cl)cccc1Cl)C(=O)CN1C(=O)c2cccc3cccc1c23. The highest BCUT2D eigenvalue weighted by atomic mass is 35.5. The second kappa shape index (κ2) is 12.2. The lowest BCUT2D eigenvalue weighted by Crippen LogP contribution is -2.54. The first-order valence-corrected chi connectivity index (χ1v) is 15.1. The van der Waals surface area contributed by atoms with Crippen LogP contribution in [-0.2, 0) is 22.6 Å². The van der Waals surface area contributed by atoms with Crippen LogP contribution in [0.1, 0.15) is 47.2 Å². The molecule has 4 aromatic carbocycles. The summed E-state index contributed by atoms with van der Waals surface area (Å²) in [5, 5.41) is 5.78. The van der Waals surface area contributed by atoms with E-state index >= 15 is 0 Å². The van der Waals surface area contributed by atoms with E-state index in [0.29, 0.717) is 33.3 Å². The van der Waals surface area contributed by atoms with Crippen molar-refractivity contribution < 1.29 is 14.4 Å². The third-order valence-corrected chi connectivity index (χ3v) is 9.01. The minimum atomic E-state index is -0.844. The van der Waals surface area contributed by atoms with Crippen molar-refractivity contribution in [3.8, 4) is 0 Å². The van der Waals surface area contributed by atoms with Gasteiger partial charge >= 0.3 is 0 Å². The summed E-state index contributed by atoms with van der Waals surface area (Å²) in [7, 11) is 0. The summed E-state index contributed by atoms with van der Waals surface area (Å²) in [4.78, 5) is 45.0. The highest BCUT2D eigenvalue weighted by molar-refractivity contribution is 6.36. The van der Waals surface area contributed by atoms with Gasteiger partial charge in [0.25, 0.3) is 5.91 Å². The number of rotatable bonds is 9. The van der Waals surface area contributed by atoms with Gasteiger partial charge in [-0.1, -0.05) is 96.7 Å². The van der Waals surface area contributed by atoms with E-state index in [4.69, 9.17) is 23.2 Å². The van der Waals surface area contributed by atoms with E-state index in [0.717, 1.165) is 42.0 Å². The zero-order valence-corrected chi connectivity index (χ0v) is 24.6. The molecule has 1 atom stereocenters. The molecule has 4 aromatic rings. The minimum Gasteiger partial charge on any atom is -0.352 e.